The first-order valence-corrected chi connectivity index (χ1v) is 21.5. The van der Waals surface area contributed by atoms with E-state index in [9.17, 15) is 0 Å². The third-order valence-electron chi connectivity index (χ3n) is 13.1. The highest BCUT2D eigenvalue weighted by molar-refractivity contribution is 6.26. The van der Waals surface area contributed by atoms with Crippen molar-refractivity contribution in [3.05, 3.63) is 206 Å². The fourth-order valence-electron chi connectivity index (χ4n) is 9.98. The topological polar surface area (TPSA) is 38.7 Å². The lowest BCUT2D eigenvalue weighted by Gasteiger charge is -2.14. The molecule has 0 spiro atoms. The Bertz CT molecular complexity index is 3880. The summed E-state index contributed by atoms with van der Waals surface area (Å²) in [7, 11) is 0. The molecule has 0 aliphatic heterocycles. The van der Waals surface area contributed by atoms with E-state index in [4.69, 9.17) is 15.0 Å². The maximum atomic E-state index is 5.32. The Balaban J connectivity index is 0.905. The van der Waals surface area contributed by atoms with Crippen molar-refractivity contribution in [1.82, 2.24) is 15.0 Å². The molecular formula is C59H37N3. The second-order valence-corrected chi connectivity index (χ2v) is 16.6. The second kappa shape index (κ2) is 13.8. The Kier molecular flexibility index (Phi) is 7.73. The molecule has 3 heteroatoms. The maximum absolute atomic E-state index is 5.32. The lowest BCUT2D eigenvalue weighted by molar-refractivity contribution is 1.04. The predicted molar refractivity (Wildman–Crippen MR) is 263 cm³/mol. The molecule has 13 rings (SSSR count). The highest BCUT2D eigenvalue weighted by Crippen LogP contribution is 2.41. The van der Waals surface area contributed by atoms with E-state index >= 15 is 0 Å². The molecule has 1 aliphatic rings. The number of nitrogens with zero attached hydrogens (tertiary/aromatic N) is 3. The molecule has 0 fully saturated rings. The van der Waals surface area contributed by atoms with E-state index in [1.54, 1.807) is 0 Å². The maximum Gasteiger partial charge on any atom is 0.0972 e. The van der Waals surface area contributed by atoms with E-state index in [-0.39, 0.29) is 0 Å². The summed E-state index contributed by atoms with van der Waals surface area (Å²) in [6.45, 7) is 0. The third kappa shape index (κ3) is 5.48. The van der Waals surface area contributed by atoms with Gasteiger partial charge in [0.2, 0.25) is 0 Å². The molecule has 0 unspecified atom stereocenters. The van der Waals surface area contributed by atoms with Crippen molar-refractivity contribution in [1.29, 1.82) is 0 Å². The number of para-hydroxylation sites is 1. The minimum Gasteiger partial charge on any atom is -0.247 e. The minimum atomic E-state index is 0.938. The third-order valence-corrected chi connectivity index (χ3v) is 13.1. The highest BCUT2D eigenvalue weighted by atomic mass is 14.8. The summed E-state index contributed by atoms with van der Waals surface area (Å²) in [6.07, 6.45) is 8.60. The number of allylic oxidation sites excluding steroid dienone is 4. The van der Waals surface area contributed by atoms with Crippen LogP contribution in [0.15, 0.2) is 200 Å². The van der Waals surface area contributed by atoms with E-state index < -0.39 is 0 Å². The van der Waals surface area contributed by atoms with Gasteiger partial charge in [0.25, 0.3) is 0 Å². The van der Waals surface area contributed by atoms with Crippen LogP contribution in [0.25, 0.3) is 126 Å². The van der Waals surface area contributed by atoms with Gasteiger partial charge in [-0.2, -0.15) is 0 Å². The van der Waals surface area contributed by atoms with Crippen molar-refractivity contribution in [2.45, 2.75) is 12.8 Å². The van der Waals surface area contributed by atoms with E-state index in [0.29, 0.717) is 0 Å². The van der Waals surface area contributed by atoms with Crippen molar-refractivity contribution >= 4 is 92.1 Å². The zero-order chi connectivity index (χ0) is 40.7. The monoisotopic (exact) mass is 787 g/mol. The van der Waals surface area contributed by atoms with Crippen LogP contribution in [-0.2, 0) is 0 Å². The van der Waals surface area contributed by atoms with Gasteiger partial charge in [0.05, 0.1) is 33.6 Å². The van der Waals surface area contributed by atoms with E-state index in [1.807, 2.05) is 0 Å². The van der Waals surface area contributed by atoms with Gasteiger partial charge in [0, 0.05) is 38.1 Å². The van der Waals surface area contributed by atoms with Gasteiger partial charge in [-0.15, -0.1) is 0 Å². The van der Waals surface area contributed by atoms with Crippen LogP contribution in [0, 0.1) is 0 Å². The Morgan fingerprint density at radius 1 is 0.355 bits per heavy atom. The van der Waals surface area contributed by atoms with Crippen LogP contribution in [0.1, 0.15) is 18.5 Å². The van der Waals surface area contributed by atoms with Crippen molar-refractivity contribution in [2.24, 2.45) is 0 Å². The van der Waals surface area contributed by atoms with Crippen molar-refractivity contribution < 1.29 is 0 Å². The number of aromatic nitrogens is 3. The number of hydrogen-bond acceptors (Lipinski definition) is 3. The standard InChI is InChI=1S/C59H37N3/c1-2-11-38(12-3-1)53-32-27-40-22-23-41-28-33-54(61-59(41)58(40)60-53)43-26-30-48-47-29-25-42(34-51(47)45-14-6-7-15-46(45)52(48)35-43)36-18-20-39(21-19-36)57-50-31-24-37-10-4-5-13-44(37)56(50)49-16-8-9-17-55(49)62-57/h1-2,4-11,13-35H,3,12H2. The molecule has 0 amide bonds. The zero-order valence-electron chi connectivity index (χ0n) is 33.8. The van der Waals surface area contributed by atoms with Gasteiger partial charge < -0.3 is 0 Å². The fourth-order valence-corrected chi connectivity index (χ4v) is 9.98. The summed E-state index contributed by atoms with van der Waals surface area (Å²) in [5.41, 5.74) is 11.7. The van der Waals surface area contributed by atoms with E-state index in [2.05, 4.69) is 200 Å². The molecule has 0 saturated carbocycles. The van der Waals surface area contributed by atoms with Crippen LogP contribution in [0.2, 0.25) is 0 Å². The van der Waals surface area contributed by atoms with Crippen LogP contribution in [0.5, 0.6) is 0 Å². The van der Waals surface area contributed by atoms with Gasteiger partial charge in [0.15, 0.2) is 0 Å². The summed E-state index contributed by atoms with van der Waals surface area (Å²) in [6, 6.07) is 66.2. The lowest BCUT2D eigenvalue weighted by Crippen LogP contribution is -1.94. The Morgan fingerprint density at radius 3 is 1.65 bits per heavy atom. The molecule has 3 heterocycles. The smallest absolute Gasteiger partial charge is 0.0972 e. The molecule has 9 aromatic carbocycles. The molecule has 0 N–H and O–H groups in total. The fraction of sp³-hybridized carbons (Fsp3) is 0.0339. The average Bonchev–Trinajstić information content (AvgIpc) is 3.35. The molecule has 0 atom stereocenters. The Hall–Kier alpha value is -8.01. The number of rotatable bonds is 4. The Morgan fingerprint density at radius 2 is 0.903 bits per heavy atom. The van der Waals surface area contributed by atoms with Gasteiger partial charge in [0.1, 0.15) is 0 Å². The molecule has 0 radical (unpaired) electrons. The summed E-state index contributed by atoms with van der Waals surface area (Å²) < 4.78 is 0. The first-order valence-electron chi connectivity index (χ1n) is 21.5. The molecule has 1 aliphatic carbocycles. The minimum absolute atomic E-state index is 0.938. The highest BCUT2D eigenvalue weighted by Gasteiger charge is 2.16. The number of hydrogen-bond donors (Lipinski definition) is 0. The summed E-state index contributed by atoms with van der Waals surface area (Å²) in [4.78, 5) is 15.8. The first-order chi connectivity index (χ1) is 30.7. The van der Waals surface area contributed by atoms with E-state index in [1.165, 1.54) is 75.9 Å². The molecule has 3 aromatic heterocycles. The number of fused-ring (bicyclic) bond motifs is 14. The van der Waals surface area contributed by atoms with Crippen LogP contribution < -0.4 is 0 Å². The van der Waals surface area contributed by atoms with Crippen LogP contribution in [0.3, 0.4) is 0 Å². The molecule has 0 bridgehead atoms. The largest absolute Gasteiger partial charge is 0.247 e. The molecule has 12 aromatic rings. The molecule has 62 heavy (non-hydrogen) atoms. The molecular weight excluding hydrogens is 751 g/mol. The number of pyridine rings is 3. The van der Waals surface area contributed by atoms with Crippen molar-refractivity contribution in [3.8, 4) is 33.6 Å². The van der Waals surface area contributed by atoms with Crippen LogP contribution in [0.4, 0.5) is 0 Å². The normalized spacial score (nSPS) is 13.1. The molecule has 3 nitrogen and oxygen atoms in total. The molecule has 0 saturated heterocycles. The van der Waals surface area contributed by atoms with Gasteiger partial charge >= 0.3 is 0 Å². The lowest BCUT2D eigenvalue weighted by atomic mass is 9.90. The van der Waals surface area contributed by atoms with Crippen LogP contribution >= 0.6 is 0 Å². The number of benzene rings is 9. The first kappa shape index (κ1) is 34.8. The quantitative estimate of drug-likeness (QED) is 0.167. The summed E-state index contributed by atoms with van der Waals surface area (Å²) >= 11 is 0. The summed E-state index contributed by atoms with van der Waals surface area (Å²) in [5.74, 6) is 0. The summed E-state index contributed by atoms with van der Waals surface area (Å²) in [5, 5.41) is 15.7. The van der Waals surface area contributed by atoms with Gasteiger partial charge in [-0.3, -0.25) is 0 Å². The predicted octanol–water partition coefficient (Wildman–Crippen LogP) is 15.8. The van der Waals surface area contributed by atoms with Gasteiger partial charge in [-0.05, 0) is 103 Å². The van der Waals surface area contributed by atoms with Gasteiger partial charge in [-0.25, -0.2) is 15.0 Å². The average molecular weight is 788 g/mol. The van der Waals surface area contributed by atoms with E-state index in [0.717, 1.165) is 68.4 Å². The van der Waals surface area contributed by atoms with Gasteiger partial charge in [-0.1, -0.05) is 170 Å². The second-order valence-electron chi connectivity index (χ2n) is 16.6. The zero-order valence-corrected chi connectivity index (χ0v) is 33.8. The molecule has 288 valence electrons. The van der Waals surface area contributed by atoms with Crippen LogP contribution in [-0.4, -0.2) is 15.0 Å². The van der Waals surface area contributed by atoms with Crippen molar-refractivity contribution in [3.63, 3.8) is 0 Å². The SMILES string of the molecule is C1=CCCC(c2ccc3ccc4ccc(-c5ccc6c7ccc(-c8ccc(-c9nc%10ccccc%10c%10c9ccc9ccccc9%10)cc8)cc7c7ccccc7c6c5)nc4c3n2)=C1. The van der Waals surface area contributed by atoms with Crippen molar-refractivity contribution in [2.75, 3.05) is 0 Å². The Labute approximate surface area is 358 Å².